The van der Waals surface area contributed by atoms with Gasteiger partial charge >= 0.3 is 34.5 Å². The molecule has 35 heavy (non-hydrogen) atoms. The monoisotopic (exact) mass is 664 g/mol. The zero-order valence-corrected chi connectivity index (χ0v) is 27.8. The fraction of sp³-hybridized carbons (Fsp3) is 0.917. The second-order valence-electron chi connectivity index (χ2n) is 8.39. The van der Waals surface area contributed by atoms with Crippen molar-refractivity contribution in [3.63, 3.8) is 0 Å². The van der Waals surface area contributed by atoms with Crippen LogP contribution >= 0.6 is 13.4 Å². The Bertz CT molecular complexity index is 375. The molecule has 0 unspecified atom stereocenters. The summed E-state index contributed by atoms with van der Waals surface area (Å²) in [5, 5.41) is 0. The van der Waals surface area contributed by atoms with Gasteiger partial charge in [0.1, 0.15) is 0 Å². The first-order valence-corrected chi connectivity index (χ1v) is 18.3. The van der Waals surface area contributed by atoms with E-state index in [1.165, 1.54) is 116 Å². The molecule has 0 saturated carbocycles. The van der Waals surface area contributed by atoms with E-state index in [-0.39, 0.29) is 21.1 Å². The summed E-state index contributed by atoms with van der Waals surface area (Å²) < 4.78 is 0. The molecular weight excluding hydrogens is 606 g/mol. The molecule has 0 saturated heterocycles. The third-order valence-corrected chi connectivity index (χ3v) is 4.71. The molecule has 0 spiro atoms. The fourth-order valence-corrected chi connectivity index (χ4v) is 2.97. The van der Waals surface area contributed by atoms with Crippen LogP contribution < -0.4 is 0 Å². The first kappa shape index (κ1) is 46.6. The first-order valence-electron chi connectivity index (χ1n) is 13.0. The van der Waals surface area contributed by atoms with Gasteiger partial charge in [0.15, 0.2) is 0 Å². The van der Waals surface area contributed by atoms with Crippen LogP contribution in [0, 0.1) is 13.8 Å². The first-order chi connectivity index (χ1) is 15.8. The Kier molecular flexibility index (Phi) is 50.4. The van der Waals surface area contributed by atoms with E-state index in [1.54, 1.807) is 0 Å². The van der Waals surface area contributed by atoms with Gasteiger partial charge in [-0.2, -0.15) is 12.8 Å². The molecule has 0 aliphatic carbocycles. The molecule has 0 aromatic heterocycles. The van der Waals surface area contributed by atoms with Crippen molar-refractivity contribution in [2.45, 2.75) is 142 Å². The van der Waals surface area contributed by atoms with E-state index < -0.39 is 13.4 Å². The van der Waals surface area contributed by atoms with E-state index in [9.17, 15) is 0 Å². The minimum Gasteiger partial charge on any atom is -0.343 e. The Morgan fingerprint density at radius 3 is 0.714 bits per heavy atom. The van der Waals surface area contributed by atoms with Crippen molar-refractivity contribution in [2.24, 2.45) is 0 Å². The largest absolute Gasteiger partial charge is 2.00 e. The molecule has 0 rings (SSSR count). The molecule has 216 valence electrons. The van der Waals surface area contributed by atoms with Crippen molar-refractivity contribution in [3.8, 4) is 0 Å². The number of hydrogen-bond donors (Lipinski definition) is 6. The summed E-state index contributed by atoms with van der Waals surface area (Å²) in [6, 6.07) is 0. The summed E-state index contributed by atoms with van der Waals surface area (Å²) >= 11 is 7.21. The number of unbranched alkanes of at least 4 members (excludes halogenated alkanes) is 18. The summed E-state index contributed by atoms with van der Waals surface area (Å²) in [6.45, 7) is 4.62. The van der Waals surface area contributed by atoms with Gasteiger partial charge in [-0.05, 0) is 23.6 Å². The molecule has 11 heteroatoms. The van der Waals surface area contributed by atoms with Gasteiger partial charge in [0.2, 0.25) is 0 Å². The van der Waals surface area contributed by atoms with Gasteiger partial charge in [-0.3, -0.25) is 0 Å². The molecule has 0 heterocycles. The molecule has 0 radical (unpaired) electrons. The zero-order valence-electron chi connectivity index (χ0n) is 22.4. The topological polar surface area (TPSA) is 121 Å². The minimum absolute atomic E-state index is 0. The van der Waals surface area contributed by atoms with Gasteiger partial charge in [0, 0.05) is 0 Å². The standard InChI is InChI=1S/2C12H25.Mo.2H3O3PS/c2*1-3-5-7-9-11-12-10-8-6-4-2;;2*1-4(2,3)5/h2*1,3-12H2,2H3;;2*(H3,1,2,3,5)/q2*-1;+2;;. The van der Waals surface area contributed by atoms with E-state index in [4.69, 9.17) is 29.4 Å². The maximum absolute atomic E-state index is 7.56. The van der Waals surface area contributed by atoms with Crippen LogP contribution in [-0.2, 0) is 44.7 Å². The molecule has 6 nitrogen and oxygen atoms in total. The molecule has 0 atom stereocenters. The summed E-state index contributed by atoms with van der Waals surface area (Å²) in [5.74, 6) is 0. The van der Waals surface area contributed by atoms with E-state index in [2.05, 4.69) is 51.3 Å². The smallest absolute Gasteiger partial charge is 0.343 e. The van der Waals surface area contributed by atoms with Crippen LogP contribution in [0.4, 0.5) is 0 Å². The van der Waals surface area contributed by atoms with Gasteiger partial charge in [-0.1, -0.05) is 129 Å². The van der Waals surface area contributed by atoms with Gasteiger partial charge in [-0.25, -0.2) is 0 Å². The van der Waals surface area contributed by atoms with E-state index >= 15 is 0 Å². The maximum atomic E-state index is 7.56. The normalized spacial score (nSPS) is 10.6. The van der Waals surface area contributed by atoms with Crippen LogP contribution in [0.2, 0.25) is 0 Å². The second-order valence-corrected chi connectivity index (χ2v) is 13.4. The number of rotatable bonds is 18. The molecule has 0 aromatic carbocycles. The SMILES string of the molecule is OP(O)(O)=S.OP(O)(O)=S.[CH2-]CCCCCCCCCCC.[CH2-]CCCCCCCCCCC.[Mo+2]. The van der Waals surface area contributed by atoms with Crippen molar-refractivity contribution < 1.29 is 50.4 Å². The van der Waals surface area contributed by atoms with E-state index in [0.717, 1.165) is 12.8 Å². The minimum atomic E-state index is -3.81. The Morgan fingerprint density at radius 1 is 0.429 bits per heavy atom. The predicted octanol–water partition coefficient (Wildman–Crippen LogP) is 7.86. The molecule has 0 aliphatic heterocycles. The van der Waals surface area contributed by atoms with E-state index in [1.807, 2.05) is 0 Å². The van der Waals surface area contributed by atoms with Crippen LogP contribution in [-0.4, -0.2) is 29.4 Å². The maximum Gasteiger partial charge on any atom is 2.00 e. The van der Waals surface area contributed by atoms with E-state index in [0.29, 0.717) is 0 Å². The molecule has 0 bridgehead atoms. The molecule has 0 amide bonds. The molecule has 0 aliphatic rings. The van der Waals surface area contributed by atoms with Crippen molar-refractivity contribution in [1.29, 1.82) is 0 Å². The van der Waals surface area contributed by atoms with Gasteiger partial charge in [0.25, 0.3) is 0 Å². The number of hydrogen-bond acceptors (Lipinski definition) is 2. The van der Waals surface area contributed by atoms with Crippen LogP contribution in [0.5, 0.6) is 0 Å². The van der Waals surface area contributed by atoms with Gasteiger partial charge in [0.05, 0.1) is 0 Å². The Labute approximate surface area is 242 Å². The van der Waals surface area contributed by atoms with Crippen molar-refractivity contribution in [2.75, 3.05) is 0 Å². The average Bonchev–Trinajstić information content (AvgIpc) is 2.70. The van der Waals surface area contributed by atoms with Crippen LogP contribution in [0.25, 0.3) is 0 Å². The quantitative estimate of drug-likeness (QED) is 0.0380. The van der Waals surface area contributed by atoms with Crippen molar-refractivity contribution in [3.05, 3.63) is 13.8 Å². The molecule has 6 N–H and O–H groups in total. The fourth-order valence-electron chi connectivity index (χ4n) is 2.97. The molecular formula is C24H56MoO6P2S2. The summed E-state index contributed by atoms with van der Waals surface area (Å²) in [4.78, 5) is 45.3. The van der Waals surface area contributed by atoms with Crippen LogP contribution in [0.1, 0.15) is 142 Å². The second kappa shape index (κ2) is 37.9. The summed E-state index contributed by atoms with van der Waals surface area (Å²) in [6.07, 6.45) is 27.8. The van der Waals surface area contributed by atoms with Crippen molar-refractivity contribution >= 4 is 37.1 Å². The Hall–Kier alpha value is 1.75. The Balaban J connectivity index is -0.000000122. The Morgan fingerprint density at radius 2 is 0.571 bits per heavy atom. The van der Waals surface area contributed by atoms with Crippen molar-refractivity contribution in [1.82, 2.24) is 0 Å². The summed E-state index contributed by atoms with van der Waals surface area (Å²) in [7, 11) is 0. The zero-order chi connectivity index (χ0) is 27.1. The third kappa shape index (κ3) is 104. The predicted molar refractivity (Wildman–Crippen MR) is 156 cm³/mol. The van der Waals surface area contributed by atoms with Crippen LogP contribution in [0.3, 0.4) is 0 Å². The van der Waals surface area contributed by atoms with Gasteiger partial charge < -0.3 is 43.2 Å². The molecule has 0 fully saturated rings. The third-order valence-electron chi connectivity index (χ3n) is 4.71. The molecule has 0 aromatic rings. The average molecular weight is 663 g/mol. The van der Waals surface area contributed by atoms with Crippen LogP contribution in [0.15, 0.2) is 0 Å². The summed E-state index contributed by atoms with van der Waals surface area (Å²) in [5.41, 5.74) is 0. The van der Waals surface area contributed by atoms with Gasteiger partial charge in [-0.15, -0.1) is 0 Å².